The molecule has 0 radical (unpaired) electrons. The first-order valence-electron chi connectivity index (χ1n) is 18.7. The van der Waals surface area contributed by atoms with E-state index in [0.717, 1.165) is 42.4 Å². The summed E-state index contributed by atoms with van der Waals surface area (Å²) < 4.78 is 20.1. The van der Waals surface area contributed by atoms with E-state index in [1.807, 2.05) is 54.6 Å². The molecule has 282 valence electrons. The average Bonchev–Trinajstić information content (AvgIpc) is 4.11. The first kappa shape index (κ1) is 35.9. The number of carbonyl (C=O) groups excluding carboxylic acids is 4. The zero-order chi connectivity index (χ0) is 37.1. The third-order valence-electron chi connectivity index (χ3n) is 11.8. The summed E-state index contributed by atoms with van der Waals surface area (Å²) >= 11 is 0. The Morgan fingerprint density at radius 1 is 0.981 bits per heavy atom. The lowest BCUT2D eigenvalue weighted by Gasteiger charge is -2.50. The van der Waals surface area contributed by atoms with Crippen molar-refractivity contribution in [2.45, 2.75) is 87.4 Å². The van der Waals surface area contributed by atoms with Crippen molar-refractivity contribution in [3.8, 4) is 0 Å². The van der Waals surface area contributed by atoms with E-state index in [1.54, 1.807) is 32.3 Å². The summed E-state index contributed by atoms with van der Waals surface area (Å²) in [6.45, 7) is -0.0776. The average molecular weight is 729 g/mol. The number of ether oxygens (including phenoxy) is 3. The van der Waals surface area contributed by atoms with Gasteiger partial charge in [0, 0.05) is 58.4 Å². The summed E-state index contributed by atoms with van der Waals surface area (Å²) in [4.78, 5) is 65.4. The molecule has 3 saturated heterocycles. The second-order valence-corrected chi connectivity index (χ2v) is 15.6. The molecule has 6 aliphatic rings. The lowest BCUT2D eigenvalue weighted by Crippen LogP contribution is -2.70. The molecule has 3 saturated carbocycles. The van der Waals surface area contributed by atoms with Gasteiger partial charge in [0.2, 0.25) is 17.7 Å². The minimum atomic E-state index is -1.45. The molecule has 8 rings (SSSR count). The Labute approximate surface area is 309 Å². The number of likely N-dealkylation sites (N-methyl/N-ethyl adjacent to an activating group) is 2. The summed E-state index contributed by atoms with van der Waals surface area (Å²) in [6.07, 6.45) is 4.63. The molecule has 53 heavy (non-hydrogen) atoms. The van der Waals surface area contributed by atoms with Crippen LogP contribution in [0.4, 0.5) is 0 Å². The van der Waals surface area contributed by atoms with Gasteiger partial charge in [0.15, 0.2) is 11.8 Å². The molecule has 3 aliphatic heterocycles. The van der Waals surface area contributed by atoms with E-state index in [0.29, 0.717) is 0 Å². The van der Waals surface area contributed by atoms with Crippen molar-refractivity contribution in [3.63, 3.8) is 0 Å². The number of benzene rings is 2. The van der Waals surface area contributed by atoms with E-state index < -0.39 is 65.5 Å². The first-order valence-corrected chi connectivity index (χ1v) is 18.7. The van der Waals surface area contributed by atoms with Gasteiger partial charge in [0.1, 0.15) is 35.9 Å². The van der Waals surface area contributed by atoms with E-state index in [2.05, 4.69) is 5.32 Å². The molecule has 3 aliphatic carbocycles. The molecule has 2 aromatic rings. The van der Waals surface area contributed by atoms with Gasteiger partial charge < -0.3 is 34.4 Å². The largest absolute Gasteiger partial charge is 0.458 e. The van der Waals surface area contributed by atoms with Gasteiger partial charge in [-0.25, -0.2) is 0 Å². The highest BCUT2D eigenvalue weighted by atomic mass is 16.8. The maximum Gasteiger partial charge on any atom is 0.327 e. The number of hydroxylamine groups is 2. The Kier molecular flexibility index (Phi) is 9.43. The van der Waals surface area contributed by atoms with Crippen molar-refractivity contribution in [1.29, 1.82) is 0 Å². The number of amides is 3. The lowest BCUT2D eigenvalue weighted by atomic mass is 9.62. The molecule has 7 atom stereocenters. The first-order chi connectivity index (χ1) is 25.6. The zero-order valence-electron chi connectivity index (χ0n) is 30.4. The highest BCUT2D eigenvalue weighted by Crippen LogP contribution is 2.64. The van der Waals surface area contributed by atoms with E-state index in [4.69, 9.17) is 19.0 Å². The minimum absolute atomic E-state index is 0.0325. The van der Waals surface area contributed by atoms with Gasteiger partial charge in [0.05, 0.1) is 13.2 Å². The predicted molar refractivity (Wildman–Crippen MR) is 190 cm³/mol. The molecule has 0 unspecified atom stereocenters. The Balaban J connectivity index is 1.16. The number of carbonyl (C=O) groups is 4. The Morgan fingerprint density at radius 2 is 1.68 bits per heavy atom. The normalized spacial score (nSPS) is 30.4. The Hall–Kier alpha value is -4.14. The molecule has 13 heteroatoms. The standard InChI is InChI=1S/C40H48N4O9/c1-42(2)31(46)17-12-25-10-7-11-26(20-25)23-44-34-37(48)50-30-22-39(34,35(53-44)33-32(30)51-40(52-33,27-13-14-27)28-15-16-28)38(49)43(3)29(36(47)41-18-19-45)21-24-8-5-4-6-9-24/h4-12,17,20,27-30,32-35,45H,13-16,18-19,21-23H2,1-3H3,(H,41,47)/t29-,30-,32+,33+,34+,35-,39+/m1/s1. The Morgan fingerprint density at radius 3 is 2.36 bits per heavy atom. The fourth-order valence-corrected chi connectivity index (χ4v) is 8.95. The molecule has 0 spiro atoms. The van der Waals surface area contributed by atoms with Crippen LogP contribution in [0.25, 0.3) is 6.08 Å². The quantitative estimate of drug-likeness (QED) is 0.232. The number of hydrogen-bond acceptors (Lipinski definition) is 10. The van der Waals surface area contributed by atoms with Gasteiger partial charge in [-0.3, -0.25) is 24.0 Å². The van der Waals surface area contributed by atoms with Crippen molar-refractivity contribution in [2.24, 2.45) is 17.3 Å². The van der Waals surface area contributed by atoms with Gasteiger partial charge in [-0.2, -0.15) is 5.06 Å². The van der Waals surface area contributed by atoms with Crippen LogP contribution in [0.3, 0.4) is 0 Å². The third kappa shape index (κ3) is 6.35. The summed E-state index contributed by atoms with van der Waals surface area (Å²) in [5.41, 5.74) is 0.982. The molecule has 3 amide bonds. The van der Waals surface area contributed by atoms with Gasteiger partial charge in [-0.05, 0) is 48.4 Å². The van der Waals surface area contributed by atoms with Gasteiger partial charge in [0.25, 0.3) is 0 Å². The number of fused-ring (bicyclic) bond motifs is 4. The van der Waals surface area contributed by atoms with Crippen LogP contribution in [0, 0.1) is 17.3 Å². The molecule has 2 aromatic carbocycles. The maximum absolute atomic E-state index is 15.4. The second kappa shape index (κ2) is 13.9. The summed E-state index contributed by atoms with van der Waals surface area (Å²) in [7, 11) is 4.97. The zero-order valence-corrected chi connectivity index (χ0v) is 30.4. The maximum atomic E-state index is 15.4. The van der Waals surface area contributed by atoms with E-state index in [9.17, 15) is 19.5 Å². The predicted octanol–water partition coefficient (Wildman–Crippen LogP) is 2.07. The second-order valence-electron chi connectivity index (χ2n) is 15.6. The van der Waals surface area contributed by atoms with Crippen LogP contribution in [-0.4, -0.2) is 120 Å². The van der Waals surface area contributed by atoms with Crippen molar-refractivity contribution in [3.05, 3.63) is 77.4 Å². The number of hydrogen-bond donors (Lipinski definition) is 2. The number of aliphatic hydroxyl groups excluding tert-OH is 1. The van der Waals surface area contributed by atoms with Crippen LogP contribution in [0.2, 0.25) is 0 Å². The third-order valence-corrected chi connectivity index (χ3v) is 11.8. The van der Waals surface area contributed by atoms with Gasteiger partial charge >= 0.3 is 5.97 Å². The summed E-state index contributed by atoms with van der Waals surface area (Å²) in [6, 6.07) is 14.9. The van der Waals surface area contributed by atoms with Crippen LogP contribution in [-0.2, 0) is 51.2 Å². The minimum Gasteiger partial charge on any atom is -0.458 e. The van der Waals surface area contributed by atoms with E-state index in [1.165, 1.54) is 15.9 Å². The molecule has 6 fully saturated rings. The molecule has 3 heterocycles. The fourth-order valence-electron chi connectivity index (χ4n) is 8.95. The van der Waals surface area contributed by atoms with E-state index >= 15 is 4.79 Å². The molecule has 2 N–H and O–H groups in total. The highest BCUT2D eigenvalue weighted by Gasteiger charge is 2.78. The van der Waals surface area contributed by atoms with Gasteiger partial charge in [-0.15, -0.1) is 0 Å². The van der Waals surface area contributed by atoms with Crippen molar-refractivity contribution >= 4 is 29.8 Å². The van der Waals surface area contributed by atoms with Crippen LogP contribution in [0.5, 0.6) is 0 Å². The van der Waals surface area contributed by atoms with Crippen molar-refractivity contribution < 1.29 is 43.3 Å². The van der Waals surface area contributed by atoms with Crippen molar-refractivity contribution in [2.75, 3.05) is 34.3 Å². The smallest absolute Gasteiger partial charge is 0.327 e. The van der Waals surface area contributed by atoms with Gasteiger partial charge in [-0.1, -0.05) is 54.6 Å². The number of nitrogens with zero attached hydrogens (tertiary/aromatic N) is 3. The monoisotopic (exact) mass is 728 g/mol. The number of esters is 1. The summed E-state index contributed by atoms with van der Waals surface area (Å²) in [5, 5.41) is 13.8. The SMILES string of the molecule is CN(C)C(=O)C=Cc1cccc(CN2O[C@@H]3[C@H]4OC(C5CC5)(C5CC5)O[C@H]4[C@H]4C[C@]3(C(=O)N(C)[C@H](Cc3ccccc3)C(=O)NCCO)[C@@H]2C(=O)O4)c1. The lowest BCUT2D eigenvalue weighted by molar-refractivity contribution is -0.235. The number of rotatable bonds is 13. The molecule has 13 nitrogen and oxygen atoms in total. The molecular formula is C40H48N4O9. The topological polar surface area (TPSA) is 147 Å². The summed E-state index contributed by atoms with van der Waals surface area (Å²) in [5.74, 6) is -1.88. The van der Waals surface area contributed by atoms with Crippen LogP contribution >= 0.6 is 0 Å². The molecule has 2 bridgehead atoms. The van der Waals surface area contributed by atoms with E-state index in [-0.39, 0.29) is 50.3 Å². The van der Waals surface area contributed by atoms with Crippen LogP contribution < -0.4 is 5.32 Å². The highest BCUT2D eigenvalue weighted by molar-refractivity contribution is 5.96. The molecule has 0 aromatic heterocycles. The van der Waals surface area contributed by atoms with Crippen molar-refractivity contribution in [1.82, 2.24) is 20.2 Å². The van der Waals surface area contributed by atoms with Crippen LogP contribution in [0.15, 0.2) is 60.7 Å². The van der Waals surface area contributed by atoms with Crippen LogP contribution in [0.1, 0.15) is 48.8 Å². The fraction of sp³-hybridized carbons (Fsp3) is 0.550. The Bertz CT molecular complexity index is 1770. The number of nitrogens with one attached hydrogen (secondary N) is 1. The number of aliphatic hydroxyl groups is 1. The molecular weight excluding hydrogens is 680 g/mol.